The van der Waals surface area contributed by atoms with E-state index in [9.17, 15) is 9.90 Å². The normalized spacial score (nSPS) is 19.0. The van der Waals surface area contributed by atoms with E-state index in [1.807, 2.05) is 23.1 Å². The van der Waals surface area contributed by atoms with Crippen molar-refractivity contribution in [1.29, 1.82) is 0 Å². The predicted octanol–water partition coefficient (Wildman–Crippen LogP) is 2.10. The van der Waals surface area contributed by atoms with Crippen LogP contribution in [0.3, 0.4) is 0 Å². The monoisotopic (exact) mass is 304 g/mol. The van der Waals surface area contributed by atoms with Crippen LogP contribution in [0.25, 0.3) is 0 Å². The minimum Gasteiger partial charge on any atom is -0.395 e. The molecule has 0 spiro atoms. The van der Waals surface area contributed by atoms with Crippen molar-refractivity contribution in [2.24, 2.45) is 0 Å². The molecular weight excluding hydrogens is 276 g/mol. The second-order valence-electron chi connectivity index (χ2n) is 6.18. The van der Waals surface area contributed by atoms with Gasteiger partial charge in [-0.25, -0.2) is 0 Å². The molecule has 0 aliphatic carbocycles. The highest BCUT2D eigenvalue weighted by atomic mass is 16.3. The van der Waals surface area contributed by atoms with Gasteiger partial charge < -0.3 is 10.0 Å². The predicted molar refractivity (Wildman–Crippen MR) is 88.8 cm³/mol. The van der Waals surface area contributed by atoms with E-state index in [2.05, 4.69) is 30.9 Å². The molecule has 2 rings (SSSR count). The molecule has 4 nitrogen and oxygen atoms in total. The Labute approximate surface area is 133 Å². The highest BCUT2D eigenvalue weighted by molar-refractivity contribution is 5.77. The summed E-state index contributed by atoms with van der Waals surface area (Å²) in [6, 6.07) is 10.5. The Hall–Kier alpha value is -1.39. The number of aliphatic hydroxyl groups is 1. The maximum atomic E-state index is 12.5. The molecule has 1 saturated heterocycles. The van der Waals surface area contributed by atoms with E-state index in [-0.39, 0.29) is 24.5 Å². The highest BCUT2D eigenvalue weighted by Crippen LogP contribution is 2.20. The lowest BCUT2D eigenvalue weighted by molar-refractivity contribution is -0.133. The molecule has 1 aromatic rings. The summed E-state index contributed by atoms with van der Waals surface area (Å²) in [4.78, 5) is 16.7. The van der Waals surface area contributed by atoms with Crippen LogP contribution in [-0.2, 0) is 4.79 Å². The lowest BCUT2D eigenvalue weighted by Crippen LogP contribution is -2.52. The van der Waals surface area contributed by atoms with Crippen molar-refractivity contribution in [1.82, 2.24) is 9.80 Å². The molecule has 122 valence electrons. The number of carbonyl (C=O) groups is 1. The molecular formula is C18H28N2O2. The van der Waals surface area contributed by atoms with Gasteiger partial charge in [-0.3, -0.25) is 9.69 Å². The Morgan fingerprint density at radius 1 is 1.18 bits per heavy atom. The topological polar surface area (TPSA) is 43.8 Å². The third-order valence-corrected chi connectivity index (χ3v) is 4.71. The van der Waals surface area contributed by atoms with Crippen molar-refractivity contribution < 1.29 is 9.90 Å². The van der Waals surface area contributed by atoms with Gasteiger partial charge in [0.25, 0.3) is 0 Å². The molecule has 0 aromatic heterocycles. The van der Waals surface area contributed by atoms with Crippen molar-refractivity contribution in [3.05, 3.63) is 35.9 Å². The van der Waals surface area contributed by atoms with E-state index < -0.39 is 0 Å². The van der Waals surface area contributed by atoms with Crippen LogP contribution in [0.1, 0.15) is 38.2 Å². The zero-order valence-corrected chi connectivity index (χ0v) is 13.7. The van der Waals surface area contributed by atoms with E-state index >= 15 is 0 Å². The second kappa shape index (κ2) is 8.30. The summed E-state index contributed by atoms with van der Waals surface area (Å²) in [6.07, 6.45) is 1.52. The number of rotatable bonds is 6. The molecule has 0 saturated carbocycles. The van der Waals surface area contributed by atoms with Crippen LogP contribution in [0, 0.1) is 0 Å². The lowest BCUT2D eigenvalue weighted by atomic mass is 9.97. The van der Waals surface area contributed by atoms with Crippen molar-refractivity contribution in [2.75, 3.05) is 32.8 Å². The number of aliphatic hydroxyl groups excluding tert-OH is 1. The van der Waals surface area contributed by atoms with Crippen molar-refractivity contribution in [2.45, 2.75) is 38.6 Å². The van der Waals surface area contributed by atoms with E-state index in [1.54, 1.807) is 0 Å². The van der Waals surface area contributed by atoms with Crippen LogP contribution >= 0.6 is 0 Å². The summed E-state index contributed by atoms with van der Waals surface area (Å²) in [5.74, 6) is 0.501. The summed E-state index contributed by atoms with van der Waals surface area (Å²) in [6.45, 7) is 7.69. The molecule has 1 fully saturated rings. The van der Waals surface area contributed by atoms with E-state index in [4.69, 9.17) is 0 Å². The molecule has 1 aliphatic rings. The number of nitrogens with zero attached hydrogens (tertiary/aromatic N) is 2. The second-order valence-corrected chi connectivity index (χ2v) is 6.18. The molecule has 1 amide bonds. The van der Waals surface area contributed by atoms with Crippen LogP contribution in [0.5, 0.6) is 0 Å². The molecule has 1 heterocycles. The van der Waals surface area contributed by atoms with Crippen molar-refractivity contribution in [3.8, 4) is 0 Å². The minimum atomic E-state index is 0.204. The maximum Gasteiger partial charge on any atom is 0.223 e. The van der Waals surface area contributed by atoms with E-state index in [0.717, 1.165) is 32.6 Å². The summed E-state index contributed by atoms with van der Waals surface area (Å²) in [7, 11) is 0. The Morgan fingerprint density at radius 3 is 2.36 bits per heavy atom. The van der Waals surface area contributed by atoms with Gasteiger partial charge in [-0.1, -0.05) is 44.2 Å². The average Bonchev–Trinajstić information content (AvgIpc) is 2.57. The zero-order valence-electron chi connectivity index (χ0n) is 13.7. The van der Waals surface area contributed by atoms with Gasteiger partial charge in [-0.2, -0.15) is 0 Å². The average molecular weight is 304 g/mol. The number of carbonyl (C=O) groups excluding carboxylic acids is 1. The van der Waals surface area contributed by atoms with Crippen LogP contribution in [0.2, 0.25) is 0 Å². The molecule has 22 heavy (non-hydrogen) atoms. The summed E-state index contributed by atoms with van der Waals surface area (Å²) < 4.78 is 0. The number of hydrogen-bond donors (Lipinski definition) is 1. The SMILES string of the molecule is CCC(CO)N1CCN(C(=O)CC(C)c2ccccc2)CC1. The minimum absolute atomic E-state index is 0.204. The number of hydrogen-bond acceptors (Lipinski definition) is 3. The fraction of sp³-hybridized carbons (Fsp3) is 0.611. The number of benzene rings is 1. The van der Waals surface area contributed by atoms with Gasteiger partial charge in [0.05, 0.1) is 6.61 Å². The van der Waals surface area contributed by atoms with Crippen molar-refractivity contribution in [3.63, 3.8) is 0 Å². The molecule has 2 atom stereocenters. The molecule has 1 aliphatic heterocycles. The zero-order chi connectivity index (χ0) is 15.9. The van der Waals surface area contributed by atoms with Crippen molar-refractivity contribution >= 4 is 5.91 Å². The van der Waals surface area contributed by atoms with Gasteiger partial charge in [0, 0.05) is 38.6 Å². The third-order valence-electron chi connectivity index (χ3n) is 4.71. The quantitative estimate of drug-likeness (QED) is 0.875. The standard InChI is InChI=1S/C18H28N2O2/c1-3-17(14-21)19-9-11-20(12-10-19)18(22)13-15(2)16-7-5-4-6-8-16/h4-8,15,17,21H,3,9-14H2,1-2H3. The highest BCUT2D eigenvalue weighted by Gasteiger charge is 2.25. The first kappa shape index (κ1) is 17.0. The van der Waals surface area contributed by atoms with Crippen LogP contribution in [0.15, 0.2) is 30.3 Å². The summed E-state index contributed by atoms with van der Waals surface area (Å²) >= 11 is 0. The Morgan fingerprint density at radius 2 is 1.82 bits per heavy atom. The molecule has 1 aromatic carbocycles. The third kappa shape index (κ3) is 4.31. The van der Waals surface area contributed by atoms with Gasteiger partial charge in [0.2, 0.25) is 5.91 Å². The summed E-state index contributed by atoms with van der Waals surface area (Å²) in [5.41, 5.74) is 1.22. The fourth-order valence-corrected chi connectivity index (χ4v) is 3.13. The van der Waals surface area contributed by atoms with Gasteiger partial charge in [-0.05, 0) is 17.9 Å². The molecule has 4 heteroatoms. The first-order valence-corrected chi connectivity index (χ1v) is 8.33. The fourth-order valence-electron chi connectivity index (χ4n) is 3.13. The maximum absolute atomic E-state index is 12.5. The number of piperazine rings is 1. The van der Waals surface area contributed by atoms with Crippen LogP contribution in [0.4, 0.5) is 0 Å². The van der Waals surface area contributed by atoms with Gasteiger partial charge in [0.1, 0.15) is 0 Å². The van der Waals surface area contributed by atoms with Gasteiger partial charge >= 0.3 is 0 Å². The van der Waals surface area contributed by atoms with Gasteiger partial charge in [0.15, 0.2) is 0 Å². The number of amides is 1. The Kier molecular flexibility index (Phi) is 6.40. The summed E-state index contributed by atoms with van der Waals surface area (Å²) in [5, 5.41) is 9.38. The smallest absolute Gasteiger partial charge is 0.223 e. The Balaban J connectivity index is 1.82. The first-order valence-electron chi connectivity index (χ1n) is 8.33. The molecule has 1 N–H and O–H groups in total. The molecule has 2 unspecified atom stereocenters. The van der Waals surface area contributed by atoms with Crippen LogP contribution < -0.4 is 0 Å². The van der Waals surface area contributed by atoms with E-state index in [1.165, 1.54) is 5.56 Å². The largest absolute Gasteiger partial charge is 0.395 e. The Bertz CT molecular complexity index is 451. The van der Waals surface area contributed by atoms with E-state index in [0.29, 0.717) is 6.42 Å². The van der Waals surface area contributed by atoms with Gasteiger partial charge in [-0.15, -0.1) is 0 Å². The van der Waals surface area contributed by atoms with Crippen LogP contribution in [-0.4, -0.2) is 59.6 Å². The first-order chi connectivity index (χ1) is 10.7. The molecule has 0 radical (unpaired) electrons. The lowest BCUT2D eigenvalue weighted by Gasteiger charge is -2.38. The molecule has 0 bridgehead atoms.